The second-order valence-corrected chi connectivity index (χ2v) is 10.2. The van der Waals surface area contributed by atoms with Gasteiger partial charge in [-0.15, -0.1) is 0 Å². The lowest BCUT2D eigenvalue weighted by Gasteiger charge is -2.19. The van der Waals surface area contributed by atoms with Gasteiger partial charge in [-0.2, -0.15) is 0 Å². The maximum atomic E-state index is 12.0. The van der Waals surface area contributed by atoms with Crippen molar-refractivity contribution in [2.75, 3.05) is 40.5 Å². The van der Waals surface area contributed by atoms with E-state index < -0.39 is 33.1 Å². The third-order valence-electron chi connectivity index (χ3n) is 4.89. The molecule has 0 spiro atoms. The van der Waals surface area contributed by atoms with E-state index in [1.807, 2.05) is 26.0 Å². The predicted octanol–water partition coefficient (Wildman–Crippen LogP) is 7.59. The largest absolute Gasteiger partial charge is 0.472 e. The number of esters is 1. The van der Waals surface area contributed by atoms with Crippen LogP contribution in [0.2, 0.25) is 0 Å². The maximum Gasteiger partial charge on any atom is 0.472 e. The molecule has 0 aromatic rings. The van der Waals surface area contributed by atoms with Gasteiger partial charge in [0.15, 0.2) is 6.10 Å². The zero-order valence-corrected chi connectivity index (χ0v) is 26.6. The fourth-order valence-corrected chi connectivity index (χ4v) is 3.58. The molecule has 0 bridgehead atoms. The molecule has 0 aliphatic carbocycles. The first-order chi connectivity index (χ1) is 19.8. The van der Waals surface area contributed by atoms with E-state index >= 15 is 0 Å². The Bertz CT molecular complexity index is 834. The van der Waals surface area contributed by atoms with Gasteiger partial charge in [0.2, 0.25) is 0 Å². The lowest BCUT2D eigenvalue weighted by Crippen LogP contribution is -2.28. The molecule has 0 saturated heterocycles. The highest BCUT2D eigenvalue weighted by atomic mass is 31.2. The van der Waals surface area contributed by atoms with Crippen molar-refractivity contribution in [1.29, 1.82) is 0 Å². The summed E-state index contributed by atoms with van der Waals surface area (Å²) in [6, 6.07) is 0. The van der Waals surface area contributed by atoms with E-state index in [2.05, 4.69) is 72.6 Å². The smallest absolute Gasteiger partial charge is 0.457 e. The zero-order chi connectivity index (χ0) is 31.0. The molecule has 10 heteroatoms. The van der Waals surface area contributed by atoms with Gasteiger partial charge in [0.05, 0.1) is 13.2 Å². The summed E-state index contributed by atoms with van der Waals surface area (Å²) in [5.74, 6) is -0.540. The molecule has 2 N–H and O–H groups in total. The molecule has 0 amide bonds. The number of ether oxygens (including phenoxy) is 1. The van der Waals surface area contributed by atoms with Gasteiger partial charge >= 0.3 is 13.8 Å². The number of rotatable bonds is 24. The molecule has 0 fully saturated rings. The van der Waals surface area contributed by atoms with E-state index in [9.17, 15) is 14.3 Å². The molecule has 2 unspecified atom stereocenters. The zero-order valence-electron chi connectivity index (χ0n) is 25.7. The Hall–Kier alpha value is -2.10. The van der Waals surface area contributed by atoms with Gasteiger partial charge in [-0.1, -0.05) is 93.7 Å². The first-order valence-corrected chi connectivity index (χ1v) is 15.9. The van der Waals surface area contributed by atoms with Crippen LogP contribution in [0.15, 0.2) is 72.9 Å². The summed E-state index contributed by atoms with van der Waals surface area (Å²) in [5, 5.41) is 8.68. The standard InChI is InChI=1S/C29H48NO8P.C2H6/c1-4-5-6-7-8-9-10-11-12-13-14-15-16-17-18-19-20-21-22-23-29(31)38-28(26-35-32)27-37-39(33,34)36-25-24-30(2)3;1-2/h5-6,8-9,11-12,14-15,17-18,20-21,28,32H,4,7,10,13,16,19,22-27H2,1-3H3,(H,33,34);1-2H3/b6-5-,9-8-,12-11-,15-14-,18-17-,21-20-;. The topological polar surface area (TPSA) is 115 Å². The molecule has 0 aliphatic heterocycles. The minimum Gasteiger partial charge on any atom is -0.457 e. The van der Waals surface area contributed by atoms with Crippen molar-refractivity contribution in [2.45, 2.75) is 78.2 Å². The van der Waals surface area contributed by atoms with Crippen molar-refractivity contribution in [3.05, 3.63) is 72.9 Å². The fourth-order valence-electron chi connectivity index (χ4n) is 2.84. The number of carbonyl (C=O) groups excluding carboxylic acids is 1. The molecule has 236 valence electrons. The molecule has 41 heavy (non-hydrogen) atoms. The number of allylic oxidation sites excluding steroid dienone is 12. The highest BCUT2D eigenvalue weighted by molar-refractivity contribution is 7.47. The van der Waals surface area contributed by atoms with Crippen LogP contribution in [0.25, 0.3) is 0 Å². The summed E-state index contributed by atoms with van der Waals surface area (Å²) < 4.78 is 26.7. The normalized spacial score (nSPS) is 14.6. The van der Waals surface area contributed by atoms with Crippen LogP contribution in [-0.2, 0) is 28.0 Å². The van der Waals surface area contributed by atoms with Crippen LogP contribution in [0.3, 0.4) is 0 Å². The Morgan fingerprint density at radius 1 is 0.780 bits per heavy atom. The van der Waals surface area contributed by atoms with Gasteiger partial charge in [0.1, 0.15) is 6.61 Å². The maximum absolute atomic E-state index is 12.0. The highest BCUT2D eigenvalue weighted by Crippen LogP contribution is 2.43. The van der Waals surface area contributed by atoms with E-state index in [0.717, 1.165) is 38.5 Å². The van der Waals surface area contributed by atoms with Crippen LogP contribution < -0.4 is 0 Å². The average Bonchev–Trinajstić information content (AvgIpc) is 2.94. The van der Waals surface area contributed by atoms with Crippen molar-refractivity contribution in [3.8, 4) is 0 Å². The monoisotopic (exact) mass is 599 g/mol. The fraction of sp³-hybridized carbons (Fsp3) is 0.581. The van der Waals surface area contributed by atoms with Gasteiger partial charge in [0, 0.05) is 13.0 Å². The number of carbonyl (C=O) groups is 1. The quantitative estimate of drug-likeness (QED) is 0.0381. The van der Waals surface area contributed by atoms with Gasteiger partial charge in [-0.05, 0) is 59.0 Å². The second kappa shape index (κ2) is 30.8. The minimum atomic E-state index is -4.31. The Morgan fingerprint density at radius 2 is 1.24 bits per heavy atom. The van der Waals surface area contributed by atoms with E-state index in [0.29, 0.717) is 13.0 Å². The molecule has 0 aromatic heterocycles. The Kier molecular flexibility index (Phi) is 30.9. The first-order valence-electron chi connectivity index (χ1n) is 14.4. The first kappa shape index (κ1) is 41.0. The van der Waals surface area contributed by atoms with Crippen molar-refractivity contribution in [3.63, 3.8) is 0 Å². The third kappa shape index (κ3) is 32.3. The van der Waals surface area contributed by atoms with Crippen molar-refractivity contribution >= 4 is 13.8 Å². The van der Waals surface area contributed by atoms with Crippen LogP contribution >= 0.6 is 7.82 Å². The van der Waals surface area contributed by atoms with Gasteiger partial charge in [-0.25, -0.2) is 9.45 Å². The second-order valence-electron chi connectivity index (χ2n) is 8.76. The highest BCUT2D eigenvalue weighted by Gasteiger charge is 2.25. The summed E-state index contributed by atoms with van der Waals surface area (Å²) in [6.07, 6.45) is 30.5. The van der Waals surface area contributed by atoms with E-state index in [-0.39, 0.29) is 13.0 Å². The van der Waals surface area contributed by atoms with Gasteiger partial charge < -0.3 is 14.5 Å². The molecule has 0 aliphatic rings. The number of hydrogen-bond donors (Lipinski definition) is 2. The molecule has 9 nitrogen and oxygen atoms in total. The van der Waals surface area contributed by atoms with Crippen LogP contribution in [0.5, 0.6) is 0 Å². The summed E-state index contributed by atoms with van der Waals surface area (Å²) >= 11 is 0. The van der Waals surface area contributed by atoms with Crippen molar-refractivity contribution in [2.24, 2.45) is 0 Å². The number of hydrogen-bond acceptors (Lipinski definition) is 8. The minimum absolute atomic E-state index is 0.00626. The van der Waals surface area contributed by atoms with Gasteiger partial charge in [-0.3, -0.25) is 19.1 Å². The van der Waals surface area contributed by atoms with E-state index in [1.54, 1.807) is 19.0 Å². The molecule has 0 aromatic carbocycles. The Balaban J connectivity index is 0. The summed E-state index contributed by atoms with van der Waals surface area (Å²) in [4.78, 5) is 27.5. The lowest BCUT2D eigenvalue weighted by atomic mass is 10.2. The van der Waals surface area contributed by atoms with Crippen LogP contribution in [0, 0.1) is 0 Å². The Morgan fingerprint density at radius 3 is 1.68 bits per heavy atom. The third-order valence-corrected chi connectivity index (χ3v) is 5.87. The average molecular weight is 600 g/mol. The number of phosphoric ester groups is 1. The van der Waals surface area contributed by atoms with Crippen LogP contribution in [0.1, 0.15) is 72.1 Å². The molecule has 2 atom stereocenters. The summed E-state index contributed by atoms with van der Waals surface area (Å²) in [7, 11) is -0.726. The summed E-state index contributed by atoms with van der Waals surface area (Å²) in [5.41, 5.74) is 0. The molecular formula is C31H54NO8P. The van der Waals surface area contributed by atoms with Crippen molar-refractivity contribution < 1.29 is 38.2 Å². The lowest BCUT2D eigenvalue weighted by molar-refractivity contribution is -0.260. The predicted molar refractivity (Wildman–Crippen MR) is 168 cm³/mol. The Labute approximate surface area is 248 Å². The molecule has 0 rings (SSSR count). The van der Waals surface area contributed by atoms with Crippen LogP contribution in [-0.4, -0.2) is 67.6 Å². The van der Waals surface area contributed by atoms with Crippen molar-refractivity contribution in [1.82, 2.24) is 4.90 Å². The number of nitrogens with zero attached hydrogens (tertiary/aromatic N) is 1. The molecule has 0 saturated carbocycles. The number of phosphoric acid groups is 1. The molecular weight excluding hydrogens is 545 g/mol. The van der Waals surface area contributed by atoms with E-state index in [1.165, 1.54) is 0 Å². The van der Waals surface area contributed by atoms with E-state index in [4.69, 9.17) is 19.0 Å². The SMILES string of the molecule is CC.CC/C=C\C/C=C\C/C=C\C/C=C\C/C=C\C/C=C\CCC(=O)OC(COO)COP(=O)(O)OCCN(C)C. The van der Waals surface area contributed by atoms with Gasteiger partial charge in [0.25, 0.3) is 0 Å². The summed E-state index contributed by atoms with van der Waals surface area (Å²) in [6.45, 7) is 5.70. The van der Waals surface area contributed by atoms with Crippen LogP contribution in [0.4, 0.5) is 0 Å². The molecule has 0 radical (unpaired) electrons. The molecule has 0 heterocycles. The number of likely N-dealkylation sites (N-methyl/N-ethyl adjacent to an activating group) is 1.